The molecule has 2 heterocycles. The lowest BCUT2D eigenvalue weighted by atomic mass is 9.65. The number of anilines is 1. The Balaban J connectivity index is 1.42. The number of benzene rings is 2. The molecule has 2 bridgehead atoms. The van der Waals surface area contributed by atoms with E-state index in [1.807, 2.05) is 25.1 Å². The molecule has 6 unspecified atom stereocenters. The minimum Gasteiger partial charge on any atom is -0.490 e. The molecule has 42 heavy (non-hydrogen) atoms. The van der Waals surface area contributed by atoms with E-state index in [0.717, 1.165) is 68.1 Å². The molecule has 1 spiro atoms. The van der Waals surface area contributed by atoms with Crippen LogP contribution in [0.3, 0.4) is 0 Å². The van der Waals surface area contributed by atoms with Crippen molar-refractivity contribution in [3.05, 3.63) is 70.3 Å². The van der Waals surface area contributed by atoms with Crippen LogP contribution >= 0.6 is 11.6 Å². The van der Waals surface area contributed by atoms with E-state index in [1.54, 1.807) is 6.07 Å². The van der Waals surface area contributed by atoms with Gasteiger partial charge in [0.05, 0.1) is 23.6 Å². The van der Waals surface area contributed by atoms with Gasteiger partial charge in [0, 0.05) is 35.5 Å². The third-order valence-electron chi connectivity index (χ3n) is 10.3. The van der Waals surface area contributed by atoms with Gasteiger partial charge in [0.1, 0.15) is 16.7 Å². The molecule has 1 fully saturated rings. The Kier molecular flexibility index (Phi) is 8.40. The first-order valence-corrected chi connectivity index (χ1v) is 16.9. The third kappa shape index (κ3) is 5.61. The summed E-state index contributed by atoms with van der Waals surface area (Å²) >= 11 is 6.42. The maximum Gasteiger partial charge on any atom is 0.263 e. The number of nitriles is 1. The van der Waals surface area contributed by atoms with Crippen molar-refractivity contribution >= 4 is 34.2 Å². The highest BCUT2D eigenvalue weighted by Gasteiger charge is 2.44. The first kappa shape index (κ1) is 29.3. The number of aryl methyl sites for hydroxylation is 1. The van der Waals surface area contributed by atoms with Crippen molar-refractivity contribution in [2.75, 3.05) is 24.6 Å². The Morgan fingerprint density at radius 1 is 1.21 bits per heavy atom. The SMILES string of the molecule is CC1C/C=C/C(CC#N)C2CCC2CN2C[C@@]3(CCCc4cc(Cl)ccc43)COc3ccc(cc32)C(=O)NS(=O)C1C. The fourth-order valence-electron chi connectivity index (χ4n) is 7.50. The van der Waals surface area contributed by atoms with Gasteiger partial charge in [0.2, 0.25) is 0 Å². The number of carbonyl (C=O) groups is 1. The number of hydrogen-bond donors (Lipinski definition) is 1. The molecule has 6 nitrogen and oxygen atoms in total. The van der Waals surface area contributed by atoms with Crippen LogP contribution in [0.15, 0.2) is 48.6 Å². The number of fused-ring (bicyclic) bond motifs is 4. The van der Waals surface area contributed by atoms with E-state index in [4.69, 9.17) is 16.3 Å². The van der Waals surface area contributed by atoms with E-state index in [9.17, 15) is 14.3 Å². The summed E-state index contributed by atoms with van der Waals surface area (Å²) in [5, 5.41) is 10.2. The van der Waals surface area contributed by atoms with Crippen molar-refractivity contribution in [2.24, 2.45) is 23.7 Å². The first-order valence-electron chi connectivity index (χ1n) is 15.3. The molecule has 222 valence electrons. The first-order chi connectivity index (χ1) is 20.3. The Morgan fingerprint density at radius 3 is 2.86 bits per heavy atom. The Morgan fingerprint density at radius 2 is 2.07 bits per heavy atom. The third-order valence-corrected chi connectivity index (χ3v) is 12.1. The number of rotatable bonds is 1. The molecule has 0 radical (unpaired) electrons. The fraction of sp³-hybridized carbons (Fsp3) is 0.529. The smallest absolute Gasteiger partial charge is 0.263 e. The molecule has 4 aliphatic rings. The summed E-state index contributed by atoms with van der Waals surface area (Å²) in [7, 11) is -1.52. The zero-order valence-corrected chi connectivity index (χ0v) is 26.1. The number of nitrogens with one attached hydrogen (secondary N) is 1. The summed E-state index contributed by atoms with van der Waals surface area (Å²) in [4.78, 5) is 15.8. The van der Waals surface area contributed by atoms with Crippen molar-refractivity contribution in [3.8, 4) is 11.8 Å². The quantitative estimate of drug-likeness (QED) is 0.364. The molecule has 6 rings (SSSR count). The highest BCUT2D eigenvalue weighted by Crippen LogP contribution is 2.48. The predicted octanol–water partition coefficient (Wildman–Crippen LogP) is 6.75. The molecule has 2 aromatic carbocycles. The van der Waals surface area contributed by atoms with Crippen LogP contribution in [0.4, 0.5) is 5.69 Å². The summed E-state index contributed by atoms with van der Waals surface area (Å²) in [6, 6.07) is 14.3. The van der Waals surface area contributed by atoms with E-state index in [-0.39, 0.29) is 28.4 Å². The number of hydrogen-bond acceptors (Lipinski definition) is 5. The van der Waals surface area contributed by atoms with E-state index >= 15 is 0 Å². The second kappa shape index (κ2) is 12.1. The molecular formula is C34H40ClN3O3S. The van der Waals surface area contributed by atoms with Crippen molar-refractivity contribution in [1.29, 1.82) is 5.26 Å². The van der Waals surface area contributed by atoms with Gasteiger partial charge in [0.25, 0.3) is 5.91 Å². The van der Waals surface area contributed by atoms with Gasteiger partial charge in [-0.05, 0) is 111 Å². The van der Waals surface area contributed by atoms with Crippen LogP contribution in [0.5, 0.6) is 5.75 Å². The molecule has 1 N–H and O–H groups in total. The topological polar surface area (TPSA) is 82.4 Å². The monoisotopic (exact) mass is 605 g/mol. The van der Waals surface area contributed by atoms with Gasteiger partial charge in [-0.1, -0.05) is 36.7 Å². The molecule has 1 saturated carbocycles. The van der Waals surface area contributed by atoms with Gasteiger partial charge in [-0.3, -0.25) is 9.52 Å². The highest BCUT2D eigenvalue weighted by atomic mass is 35.5. The van der Waals surface area contributed by atoms with Gasteiger partial charge >= 0.3 is 0 Å². The molecule has 2 aliphatic carbocycles. The van der Waals surface area contributed by atoms with Crippen LogP contribution in [0, 0.1) is 35.0 Å². The van der Waals surface area contributed by atoms with Crippen LogP contribution in [-0.4, -0.2) is 35.1 Å². The van der Waals surface area contributed by atoms with Gasteiger partial charge < -0.3 is 9.64 Å². The Hall–Kier alpha value is -2.82. The summed E-state index contributed by atoms with van der Waals surface area (Å²) in [6.45, 7) is 6.17. The Bertz CT molecular complexity index is 1450. The molecule has 0 aromatic heterocycles. The second-order valence-corrected chi connectivity index (χ2v) is 14.9. The van der Waals surface area contributed by atoms with Crippen LogP contribution in [-0.2, 0) is 22.8 Å². The van der Waals surface area contributed by atoms with E-state index in [1.165, 1.54) is 11.1 Å². The maximum absolute atomic E-state index is 13.4. The van der Waals surface area contributed by atoms with Gasteiger partial charge in [-0.15, -0.1) is 0 Å². The minimum atomic E-state index is -1.52. The molecule has 1 amide bonds. The number of carbonyl (C=O) groups excluding carboxylic acids is 1. The lowest BCUT2D eigenvalue weighted by Gasteiger charge is -2.46. The van der Waals surface area contributed by atoms with Gasteiger partial charge in [-0.25, -0.2) is 4.21 Å². The zero-order chi connectivity index (χ0) is 29.4. The van der Waals surface area contributed by atoms with Crippen LogP contribution in [0.1, 0.15) is 73.9 Å². The number of halogens is 1. The zero-order valence-electron chi connectivity index (χ0n) is 24.5. The van der Waals surface area contributed by atoms with Crippen LogP contribution in [0.25, 0.3) is 0 Å². The molecule has 2 aromatic rings. The van der Waals surface area contributed by atoms with E-state index < -0.39 is 11.0 Å². The number of nitrogens with zero attached hydrogens (tertiary/aromatic N) is 2. The van der Waals surface area contributed by atoms with Crippen LogP contribution in [0.2, 0.25) is 5.02 Å². The average Bonchev–Trinajstić information content (AvgIpc) is 3.11. The fourth-order valence-corrected chi connectivity index (χ4v) is 8.72. The van der Waals surface area contributed by atoms with Gasteiger partial charge in [-0.2, -0.15) is 5.26 Å². The maximum atomic E-state index is 13.4. The lowest BCUT2D eigenvalue weighted by Crippen LogP contribution is -2.49. The van der Waals surface area contributed by atoms with E-state index in [0.29, 0.717) is 30.4 Å². The molecule has 2 aliphatic heterocycles. The molecule has 7 atom stereocenters. The minimum absolute atomic E-state index is 0.121. The molecule has 0 saturated heterocycles. The summed E-state index contributed by atoms with van der Waals surface area (Å²) < 4.78 is 22.5. The summed E-state index contributed by atoms with van der Waals surface area (Å²) in [6.07, 6.45) is 11.0. The van der Waals surface area contributed by atoms with Crippen LogP contribution < -0.4 is 14.4 Å². The van der Waals surface area contributed by atoms with Crippen molar-refractivity contribution < 1.29 is 13.7 Å². The average molecular weight is 606 g/mol. The normalized spacial score (nSPS) is 33.6. The molecular weight excluding hydrogens is 566 g/mol. The lowest BCUT2D eigenvalue weighted by molar-refractivity contribution is 0.0982. The predicted molar refractivity (Wildman–Crippen MR) is 168 cm³/mol. The number of amides is 1. The largest absolute Gasteiger partial charge is 0.490 e. The highest BCUT2D eigenvalue weighted by molar-refractivity contribution is 7.84. The summed E-state index contributed by atoms with van der Waals surface area (Å²) in [5.41, 5.74) is 3.81. The molecule has 8 heteroatoms. The van der Waals surface area contributed by atoms with E-state index in [2.05, 4.69) is 46.9 Å². The van der Waals surface area contributed by atoms with Crippen molar-refractivity contribution in [1.82, 2.24) is 4.72 Å². The van der Waals surface area contributed by atoms with Crippen molar-refractivity contribution in [3.63, 3.8) is 0 Å². The Labute approximate surface area is 257 Å². The van der Waals surface area contributed by atoms with Gasteiger partial charge in [0.15, 0.2) is 0 Å². The standard InChI is InChI=1S/C34H40ClN3O3S/c1-22-5-3-6-24(14-16-36)29-11-8-27(29)19-38-20-34(15-4-7-25-17-28(35)10-12-30(25)34)21-41-32-13-9-26(18-31(32)38)33(39)37-42(40)23(22)2/h3,6,9-10,12-13,17-18,22-24,27,29H,4-5,7-8,11,14-15,19-21H2,1-2H3,(H,37,39)/b6-3+/t22?,23?,24?,27?,29?,34-,42?/m0/s1. The second-order valence-electron chi connectivity index (χ2n) is 12.9. The number of allylic oxidation sites excluding steroid dienone is 2. The van der Waals surface area contributed by atoms with Crippen molar-refractivity contribution in [2.45, 2.75) is 69.5 Å². The summed E-state index contributed by atoms with van der Waals surface area (Å²) in [5.74, 6) is 1.65. The number of ether oxygens (including phenoxy) is 1.